The van der Waals surface area contributed by atoms with Crippen molar-refractivity contribution < 1.29 is 4.79 Å². The Bertz CT molecular complexity index is 458. The predicted molar refractivity (Wildman–Crippen MR) is 89.9 cm³/mol. The lowest BCUT2D eigenvalue weighted by atomic mass is 10.0. The van der Waals surface area contributed by atoms with Crippen LogP contribution in [-0.4, -0.2) is 42.7 Å². The minimum atomic E-state index is 0.257. The van der Waals surface area contributed by atoms with Crippen LogP contribution in [0.3, 0.4) is 0 Å². The van der Waals surface area contributed by atoms with Gasteiger partial charge in [-0.1, -0.05) is 26.0 Å². The van der Waals surface area contributed by atoms with E-state index < -0.39 is 0 Å². The van der Waals surface area contributed by atoms with Gasteiger partial charge in [0.05, 0.1) is 5.75 Å². The molecule has 21 heavy (non-hydrogen) atoms. The number of carbonyl (C=O) groups is 1. The Labute approximate surface area is 132 Å². The number of amides is 1. The summed E-state index contributed by atoms with van der Waals surface area (Å²) in [7, 11) is 1.98. The summed E-state index contributed by atoms with van der Waals surface area (Å²) in [6.45, 7) is 6.15. The van der Waals surface area contributed by atoms with Gasteiger partial charge >= 0.3 is 0 Å². The lowest BCUT2D eigenvalue weighted by Crippen LogP contribution is -2.47. The Morgan fingerprint density at radius 3 is 2.71 bits per heavy atom. The minimum Gasteiger partial charge on any atom is -0.340 e. The summed E-state index contributed by atoms with van der Waals surface area (Å²) in [4.78, 5) is 15.5. The van der Waals surface area contributed by atoms with Gasteiger partial charge in [0, 0.05) is 24.0 Å². The number of piperidine rings is 1. The number of carbonyl (C=O) groups excluding carboxylic acids is 1. The number of hydrogen-bond acceptors (Lipinski definition) is 3. The van der Waals surface area contributed by atoms with Crippen LogP contribution in [0.5, 0.6) is 0 Å². The molecule has 1 aromatic carbocycles. The number of thioether (sulfide) groups is 1. The summed E-state index contributed by atoms with van der Waals surface area (Å²) < 4.78 is 0. The molecule has 0 aliphatic carbocycles. The van der Waals surface area contributed by atoms with Gasteiger partial charge in [0.25, 0.3) is 0 Å². The van der Waals surface area contributed by atoms with Gasteiger partial charge < -0.3 is 10.2 Å². The van der Waals surface area contributed by atoms with Crippen molar-refractivity contribution in [1.82, 2.24) is 10.2 Å². The molecule has 1 atom stereocenters. The highest BCUT2D eigenvalue weighted by Gasteiger charge is 2.22. The maximum atomic E-state index is 12.3. The maximum absolute atomic E-state index is 12.3. The fraction of sp³-hybridized carbons (Fsp3) is 0.588. The fourth-order valence-electron chi connectivity index (χ4n) is 2.62. The molecule has 1 heterocycles. The topological polar surface area (TPSA) is 32.3 Å². The van der Waals surface area contributed by atoms with Crippen molar-refractivity contribution in [3.63, 3.8) is 0 Å². The monoisotopic (exact) mass is 306 g/mol. The van der Waals surface area contributed by atoms with E-state index in [9.17, 15) is 4.79 Å². The summed E-state index contributed by atoms with van der Waals surface area (Å²) >= 11 is 1.64. The molecule has 1 unspecified atom stereocenters. The van der Waals surface area contributed by atoms with E-state index in [0.29, 0.717) is 17.7 Å². The second-order valence-electron chi connectivity index (χ2n) is 5.98. The van der Waals surface area contributed by atoms with Crippen molar-refractivity contribution in [3.05, 3.63) is 29.8 Å². The van der Waals surface area contributed by atoms with Crippen LogP contribution in [0, 0.1) is 0 Å². The van der Waals surface area contributed by atoms with Crippen LogP contribution in [0.4, 0.5) is 0 Å². The number of likely N-dealkylation sites (tertiary alicyclic amines) is 1. The van der Waals surface area contributed by atoms with E-state index in [2.05, 4.69) is 43.4 Å². The zero-order valence-corrected chi connectivity index (χ0v) is 14.1. The number of benzene rings is 1. The van der Waals surface area contributed by atoms with Crippen molar-refractivity contribution in [2.75, 3.05) is 25.9 Å². The second-order valence-corrected chi connectivity index (χ2v) is 7.03. The van der Waals surface area contributed by atoms with Gasteiger partial charge in [-0.05, 0) is 43.5 Å². The molecule has 2 rings (SSSR count). The number of nitrogens with one attached hydrogen (secondary N) is 1. The average molecular weight is 306 g/mol. The first-order valence-corrected chi connectivity index (χ1v) is 8.76. The zero-order valence-electron chi connectivity index (χ0n) is 13.3. The van der Waals surface area contributed by atoms with E-state index in [1.165, 1.54) is 16.9 Å². The highest BCUT2D eigenvalue weighted by Crippen LogP contribution is 2.22. The molecule has 1 aliphatic heterocycles. The molecule has 0 spiro atoms. The number of likely N-dealkylation sites (N-methyl/N-ethyl adjacent to an activating group) is 1. The molecule has 116 valence electrons. The molecule has 1 aliphatic rings. The fourth-order valence-corrected chi connectivity index (χ4v) is 3.43. The predicted octanol–water partition coefficient (Wildman–Crippen LogP) is 3.11. The number of rotatable bonds is 5. The molecule has 0 saturated carbocycles. The molecule has 1 saturated heterocycles. The Hall–Kier alpha value is -1.00. The maximum Gasteiger partial charge on any atom is 0.232 e. The van der Waals surface area contributed by atoms with E-state index >= 15 is 0 Å². The zero-order chi connectivity index (χ0) is 15.2. The Morgan fingerprint density at radius 2 is 2.10 bits per heavy atom. The van der Waals surface area contributed by atoms with Gasteiger partial charge in [-0.2, -0.15) is 0 Å². The molecule has 1 fully saturated rings. The van der Waals surface area contributed by atoms with Gasteiger partial charge in [-0.3, -0.25) is 4.79 Å². The first-order valence-electron chi connectivity index (χ1n) is 7.78. The lowest BCUT2D eigenvalue weighted by Gasteiger charge is -2.32. The molecular weight excluding hydrogens is 280 g/mol. The van der Waals surface area contributed by atoms with Crippen molar-refractivity contribution in [2.24, 2.45) is 0 Å². The highest BCUT2D eigenvalue weighted by atomic mass is 32.2. The highest BCUT2D eigenvalue weighted by molar-refractivity contribution is 8.00. The van der Waals surface area contributed by atoms with Crippen molar-refractivity contribution in [2.45, 2.75) is 43.5 Å². The molecule has 0 aromatic heterocycles. The number of hydrogen-bond donors (Lipinski definition) is 1. The third-order valence-corrected chi connectivity index (χ3v) is 5.09. The summed E-state index contributed by atoms with van der Waals surface area (Å²) in [6.07, 6.45) is 2.27. The molecule has 0 radical (unpaired) electrons. The Kier molecular flexibility index (Phi) is 6.12. The first-order chi connectivity index (χ1) is 10.1. The minimum absolute atomic E-state index is 0.257. The van der Waals surface area contributed by atoms with E-state index in [0.717, 1.165) is 19.5 Å². The standard InChI is InChI=1S/C17H26N2OS/c1-13(2)14-6-8-16(9-7-14)21-12-17(20)19-10-4-5-15(11-19)18-3/h6-9,13,15,18H,4-5,10-12H2,1-3H3. The van der Waals surface area contributed by atoms with Crippen LogP contribution in [0.25, 0.3) is 0 Å². The lowest BCUT2D eigenvalue weighted by molar-refractivity contribution is -0.129. The molecule has 1 amide bonds. The summed E-state index contributed by atoms with van der Waals surface area (Å²) in [5.41, 5.74) is 1.35. The molecule has 1 N–H and O–H groups in total. The van der Waals surface area contributed by atoms with Crippen molar-refractivity contribution >= 4 is 17.7 Å². The van der Waals surface area contributed by atoms with E-state index in [1.807, 2.05) is 11.9 Å². The second kappa shape index (κ2) is 7.85. The molecule has 0 bridgehead atoms. The normalized spacial score (nSPS) is 19.0. The van der Waals surface area contributed by atoms with Crippen LogP contribution in [0.15, 0.2) is 29.2 Å². The van der Waals surface area contributed by atoms with E-state index in [4.69, 9.17) is 0 Å². The Balaban J connectivity index is 1.83. The van der Waals surface area contributed by atoms with Gasteiger partial charge in [0.1, 0.15) is 0 Å². The third-order valence-electron chi connectivity index (χ3n) is 4.09. The smallest absolute Gasteiger partial charge is 0.232 e. The largest absolute Gasteiger partial charge is 0.340 e. The third kappa shape index (κ3) is 4.75. The number of nitrogens with zero attached hydrogens (tertiary/aromatic N) is 1. The van der Waals surface area contributed by atoms with Gasteiger partial charge in [0.2, 0.25) is 5.91 Å². The van der Waals surface area contributed by atoms with Gasteiger partial charge in [-0.15, -0.1) is 11.8 Å². The van der Waals surface area contributed by atoms with Crippen LogP contribution < -0.4 is 5.32 Å². The van der Waals surface area contributed by atoms with Crippen LogP contribution in [0.1, 0.15) is 38.2 Å². The Morgan fingerprint density at radius 1 is 1.38 bits per heavy atom. The van der Waals surface area contributed by atoms with E-state index in [-0.39, 0.29) is 5.91 Å². The van der Waals surface area contributed by atoms with Gasteiger partial charge in [-0.25, -0.2) is 0 Å². The summed E-state index contributed by atoms with van der Waals surface area (Å²) in [5, 5.41) is 3.28. The molecule has 4 heteroatoms. The molecule has 1 aromatic rings. The quantitative estimate of drug-likeness (QED) is 0.848. The molecular formula is C17H26N2OS. The first kappa shape index (κ1) is 16.4. The van der Waals surface area contributed by atoms with Gasteiger partial charge in [0.15, 0.2) is 0 Å². The van der Waals surface area contributed by atoms with Crippen molar-refractivity contribution in [3.8, 4) is 0 Å². The molecule has 3 nitrogen and oxygen atoms in total. The van der Waals surface area contributed by atoms with Crippen molar-refractivity contribution in [1.29, 1.82) is 0 Å². The summed E-state index contributed by atoms with van der Waals surface area (Å²) in [5.74, 6) is 1.35. The van der Waals surface area contributed by atoms with E-state index in [1.54, 1.807) is 11.8 Å². The van der Waals surface area contributed by atoms with Crippen LogP contribution in [-0.2, 0) is 4.79 Å². The SMILES string of the molecule is CNC1CCCN(C(=O)CSc2ccc(C(C)C)cc2)C1. The average Bonchev–Trinajstić information content (AvgIpc) is 2.53. The van der Waals surface area contributed by atoms with Crippen LogP contribution in [0.2, 0.25) is 0 Å². The van der Waals surface area contributed by atoms with Crippen LogP contribution >= 0.6 is 11.8 Å². The summed E-state index contributed by atoms with van der Waals surface area (Å²) in [6, 6.07) is 9.03.